The fourth-order valence-corrected chi connectivity index (χ4v) is 1.52. The van der Waals surface area contributed by atoms with E-state index in [4.69, 9.17) is 26.4 Å². The minimum absolute atomic E-state index is 0.324. The van der Waals surface area contributed by atoms with E-state index in [2.05, 4.69) is 10.6 Å². The van der Waals surface area contributed by atoms with Crippen molar-refractivity contribution in [3.8, 4) is 5.75 Å². The van der Waals surface area contributed by atoms with E-state index < -0.39 is 0 Å². The topological polar surface area (TPSA) is 51.8 Å². The van der Waals surface area contributed by atoms with Gasteiger partial charge in [0.05, 0.1) is 13.7 Å². The molecule has 0 aliphatic carbocycles. The first kappa shape index (κ1) is 14.7. The standard InChI is InChI=1S/C12H18N2O3S/c1-15-10-6-4-5-9(7-10)14-12(18)13-8-11(16-2)17-3/h4-7,11H,8H2,1-3H3,(H2,13,14,18). The minimum atomic E-state index is -0.324. The first-order valence-corrected chi connectivity index (χ1v) is 5.85. The lowest BCUT2D eigenvalue weighted by molar-refractivity contribution is -0.0964. The monoisotopic (exact) mass is 270 g/mol. The SMILES string of the molecule is COc1cccc(NC(=S)NCC(OC)OC)c1. The van der Waals surface area contributed by atoms with Gasteiger partial charge in [-0.1, -0.05) is 6.07 Å². The number of rotatable bonds is 6. The molecule has 1 aromatic carbocycles. The van der Waals surface area contributed by atoms with E-state index in [9.17, 15) is 0 Å². The van der Waals surface area contributed by atoms with Crippen molar-refractivity contribution in [1.29, 1.82) is 0 Å². The van der Waals surface area contributed by atoms with Crippen molar-refractivity contribution in [2.24, 2.45) is 0 Å². The van der Waals surface area contributed by atoms with Crippen molar-refractivity contribution < 1.29 is 14.2 Å². The maximum atomic E-state index is 5.16. The predicted octanol–water partition coefficient (Wildman–Crippen LogP) is 1.60. The van der Waals surface area contributed by atoms with Crippen molar-refractivity contribution in [2.45, 2.75) is 6.29 Å². The summed E-state index contributed by atoms with van der Waals surface area (Å²) in [6, 6.07) is 7.52. The van der Waals surface area contributed by atoms with Crippen LogP contribution in [0.4, 0.5) is 5.69 Å². The average Bonchev–Trinajstić information content (AvgIpc) is 2.40. The minimum Gasteiger partial charge on any atom is -0.497 e. The maximum absolute atomic E-state index is 5.16. The number of ether oxygens (including phenoxy) is 3. The molecule has 5 nitrogen and oxygen atoms in total. The molecule has 0 aliphatic heterocycles. The van der Waals surface area contributed by atoms with Crippen molar-refractivity contribution in [3.63, 3.8) is 0 Å². The fourth-order valence-electron chi connectivity index (χ4n) is 1.32. The van der Waals surface area contributed by atoms with Crippen LogP contribution >= 0.6 is 12.2 Å². The van der Waals surface area contributed by atoms with Gasteiger partial charge in [-0.25, -0.2) is 0 Å². The highest BCUT2D eigenvalue weighted by Crippen LogP contribution is 2.16. The van der Waals surface area contributed by atoms with E-state index in [-0.39, 0.29) is 6.29 Å². The highest BCUT2D eigenvalue weighted by Gasteiger charge is 2.05. The molecule has 0 saturated carbocycles. The summed E-state index contributed by atoms with van der Waals surface area (Å²) in [5, 5.41) is 6.55. The van der Waals surface area contributed by atoms with Gasteiger partial charge in [-0.2, -0.15) is 0 Å². The second-order valence-electron chi connectivity index (χ2n) is 3.47. The zero-order valence-corrected chi connectivity index (χ0v) is 11.5. The first-order chi connectivity index (χ1) is 8.69. The number of nitrogens with one attached hydrogen (secondary N) is 2. The van der Waals surface area contributed by atoms with Crippen LogP contribution in [0.2, 0.25) is 0 Å². The van der Waals surface area contributed by atoms with Crippen LogP contribution in [0.25, 0.3) is 0 Å². The molecule has 0 aliphatic rings. The molecule has 0 spiro atoms. The van der Waals surface area contributed by atoms with Gasteiger partial charge in [-0.3, -0.25) is 0 Å². The molecule has 0 aromatic heterocycles. The van der Waals surface area contributed by atoms with Gasteiger partial charge >= 0.3 is 0 Å². The third kappa shape index (κ3) is 4.87. The first-order valence-electron chi connectivity index (χ1n) is 5.44. The van der Waals surface area contributed by atoms with Crippen LogP contribution < -0.4 is 15.4 Å². The van der Waals surface area contributed by atoms with E-state index in [1.165, 1.54) is 0 Å². The summed E-state index contributed by atoms with van der Waals surface area (Å²) in [5.74, 6) is 0.773. The summed E-state index contributed by atoms with van der Waals surface area (Å²) in [6.07, 6.45) is -0.324. The van der Waals surface area contributed by atoms with Crippen LogP contribution in [0, 0.1) is 0 Å². The Bertz CT molecular complexity index is 383. The zero-order chi connectivity index (χ0) is 13.4. The lowest BCUT2D eigenvalue weighted by Gasteiger charge is -2.16. The van der Waals surface area contributed by atoms with E-state index in [0.29, 0.717) is 11.7 Å². The number of methoxy groups -OCH3 is 3. The highest BCUT2D eigenvalue weighted by atomic mass is 32.1. The largest absolute Gasteiger partial charge is 0.497 e. The maximum Gasteiger partial charge on any atom is 0.174 e. The molecule has 0 fully saturated rings. The summed E-state index contributed by atoms with van der Waals surface area (Å²) < 4.78 is 15.2. The molecular formula is C12H18N2O3S. The molecule has 2 N–H and O–H groups in total. The van der Waals surface area contributed by atoms with Gasteiger partial charge in [0.1, 0.15) is 5.75 Å². The Labute approximate surface area is 112 Å². The molecule has 18 heavy (non-hydrogen) atoms. The van der Waals surface area contributed by atoms with Gasteiger partial charge in [-0.05, 0) is 24.4 Å². The molecule has 6 heteroatoms. The molecular weight excluding hydrogens is 252 g/mol. The molecule has 100 valence electrons. The number of hydrogen-bond donors (Lipinski definition) is 2. The lowest BCUT2D eigenvalue weighted by Crippen LogP contribution is -2.36. The summed E-state index contributed by atoms with van der Waals surface area (Å²) in [7, 11) is 4.78. The predicted molar refractivity (Wildman–Crippen MR) is 75.0 cm³/mol. The van der Waals surface area contributed by atoms with Crippen LogP contribution in [0.3, 0.4) is 0 Å². The quantitative estimate of drug-likeness (QED) is 0.605. The van der Waals surface area contributed by atoms with Crippen molar-refractivity contribution >= 4 is 23.0 Å². The van der Waals surface area contributed by atoms with Crippen molar-refractivity contribution in [2.75, 3.05) is 33.2 Å². The van der Waals surface area contributed by atoms with Gasteiger partial charge < -0.3 is 24.8 Å². The molecule has 0 radical (unpaired) electrons. The summed E-state index contributed by atoms with van der Waals surface area (Å²) in [5.41, 5.74) is 0.859. The van der Waals surface area contributed by atoms with Gasteiger partial charge in [0.2, 0.25) is 0 Å². The Morgan fingerprint density at radius 2 is 2.00 bits per heavy atom. The third-order valence-electron chi connectivity index (χ3n) is 2.28. The van der Waals surface area contributed by atoms with Crippen LogP contribution in [0.15, 0.2) is 24.3 Å². The van der Waals surface area contributed by atoms with Crippen LogP contribution in [-0.2, 0) is 9.47 Å². The van der Waals surface area contributed by atoms with E-state index in [1.807, 2.05) is 24.3 Å². The summed E-state index contributed by atoms with van der Waals surface area (Å²) in [6.45, 7) is 0.475. The van der Waals surface area contributed by atoms with Gasteiger partial charge in [-0.15, -0.1) is 0 Å². The number of hydrogen-bond acceptors (Lipinski definition) is 4. The summed E-state index contributed by atoms with van der Waals surface area (Å²) >= 11 is 5.16. The van der Waals surface area contributed by atoms with Crippen LogP contribution in [0.5, 0.6) is 5.75 Å². The number of benzene rings is 1. The molecule has 0 atom stereocenters. The number of anilines is 1. The normalized spacial score (nSPS) is 10.2. The molecule has 1 rings (SSSR count). The smallest absolute Gasteiger partial charge is 0.174 e. The average molecular weight is 270 g/mol. The molecule has 0 saturated heterocycles. The molecule has 1 aromatic rings. The third-order valence-corrected chi connectivity index (χ3v) is 2.53. The van der Waals surface area contributed by atoms with Gasteiger partial charge in [0.15, 0.2) is 11.4 Å². The van der Waals surface area contributed by atoms with Crippen molar-refractivity contribution in [1.82, 2.24) is 5.32 Å². The van der Waals surface area contributed by atoms with E-state index in [0.717, 1.165) is 11.4 Å². The van der Waals surface area contributed by atoms with Gasteiger partial charge in [0, 0.05) is 26.0 Å². The lowest BCUT2D eigenvalue weighted by atomic mass is 10.3. The van der Waals surface area contributed by atoms with Crippen molar-refractivity contribution in [3.05, 3.63) is 24.3 Å². The van der Waals surface area contributed by atoms with Crippen LogP contribution in [-0.4, -0.2) is 39.3 Å². The second-order valence-corrected chi connectivity index (χ2v) is 3.88. The fraction of sp³-hybridized carbons (Fsp3) is 0.417. The van der Waals surface area contributed by atoms with E-state index in [1.54, 1.807) is 21.3 Å². The highest BCUT2D eigenvalue weighted by molar-refractivity contribution is 7.80. The Morgan fingerprint density at radius 1 is 1.28 bits per heavy atom. The molecule has 0 unspecified atom stereocenters. The number of thiocarbonyl (C=S) groups is 1. The second kappa shape index (κ2) is 7.86. The Kier molecular flexibility index (Phi) is 6.42. The Hall–Kier alpha value is -1.37. The van der Waals surface area contributed by atoms with Crippen LogP contribution in [0.1, 0.15) is 0 Å². The Balaban J connectivity index is 2.44. The molecule has 0 heterocycles. The Morgan fingerprint density at radius 3 is 2.61 bits per heavy atom. The zero-order valence-electron chi connectivity index (χ0n) is 10.7. The molecule has 0 bridgehead atoms. The van der Waals surface area contributed by atoms with Gasteiger partial charge in [0.25, 0.3) is 0 Å². The van der Waals surface area contributed by atoms with E-state index >= 15 is 0 Å². The molecule has 0 amide bonds. The summed E-state index contributed by atoms with van der Waals surface area (Å²) in [4.78, 5) is 0.